The van der Waals surface area contributed by atoms with E-state index < -0.39 is 0 Å². The zero-order valence-electron chi connectivity index (χ0n) is 19.8. The van der Waals surface area contributed by atoms with Gasteiger partial charge in [0.15, 0.2) is 11.1 Å². The van der Waals surface area contributed by atoms with Crippen LogP contribution in [0.2, 0.25) is 0 Å². The summed E-state index contributed by atoms with van der Waals surface area (Å²) in [4.78, 5) is 6.60. The fraction of sp³-hybridized carbons (Fsp3) is 0.714. The number of thioether (sulfide) groups is 1. The second-order valence-electron chi connectivity index (χ2n) is 8.41. The van der Waals surface area contributed by atoms with Crippen LogP contribution in [-0.2, 0) is 26.6 Å². The van der Waals surface area contributed by atoms with Crippen LogP contribution in [0.3, 0.4) is 0 Å². The molecule has 0 bridgehead atoms. The van der Waals surface area contributed by atoms with Crippen LogP contribution in [0.5, 0.6) is 0 Å². The number of hydrogen-bond donors (Lipinski definition) is 1. The highest BCUT2D eigenvalue weighted by molar-refractivity contribution is 7.98. The molecule has 9 heteroatoms. The first-order chi connectivity index (χ1) is 14.3. The lowest BCUT2D eigenvalue weighted by atomic mass is 10.1. The van der Waals surface area contributed by atoms with E-state index in [4.69, 9.17) is 0 Å². The summed E-state index contributed by atoms with van der Waals surface area (Å²) in [7, 11) is 5.87. The number of aryl methyl sites for hydroxylation is 2. The first-order valence-corrected chi connectivity index (χ1v) is 11.9. The smallest absolute Gasteiger partial charge is 0.193 e. The fourth-order valence-corrected chi connectivity index (χ4v) is 4.05. The van der Waals surface area contributed by atoms with E-state index in [1.165, 1.54) is 5.56 Å². The lowest BCUT2D eigenvalue weighted by molar-refractivity contribution is 0.467. The summed E-state index contributed by atoms with van der Waals surface area (Å²) >= 11 is 1.66. The van der Waals surface area contributed by atoms with Gasteiger partial charge in [-0.15, -0.1) is 10.2 Å². The number of nitrogens with one attached hydrogen (secondary N) is 1. The molecule has 0 aliphatic heterocycles. The minimum Gasteiger partial charge on any atom is -0.356 e. The van der Waals surface area contributed by atoms with E-state index in [9.17, 15) is 0 Å². The summed E-state index contributed by atoms with van der Waals surface area (Å²) in [5, 5.41) is 17.8. The normalized spacial score (nSPS) is 12.3. The van der Waals surface area contributed by atoms with Gasteiger partial charge in [-0.2, -0.15) is 5.10 Å². The minimum absolute atomic E-state index is 0.402. The van der Waals surface area contributed by atoms with E-state index in [-0.39, 0.29) is 0 Å². The van der Waals surface area contributed by atoms with Gasteiger partial charge in [-0.25, -0.2) is 0 Å². The summed E-state index contributed by atoms with van der Waals surface area (Å²) in [5.74, 6) is 2.93. The van der Waals surface area contributed by atoms with Crippen LogP contribution in [0.15, 0.2) is 16.3 Å². The standard InChI is InChI=1S/C21H38N8S/c1-15(2)12-29-18(24-25-21(29)30-8)10-9-11-23-20(22-5)27(6)13-17-14-28(7)26-19(17)16(3)4/h14-16H,9-13H2,1-8H3,(H,22,23). The number of aromatic nitrogens is 5. The van der Waals surface area contributed by atoms with Gasteiger partial charge >= 0.3 is 0 Å². The molecule has 8 nitrogen and oxygen atoms in total. The molecule has 0 aliphatic carbocycles. The quantitative estimate of drug-likeness (QED) is 0.268. The summed E-state index contributed by atoms with van der Waals surface area (Å²) in [6.07, 6.45) is 6.03. The van der Waals surface area contributed by atoms with E-state index in [1.807, 2.05) is 18.8 Å². The van der Waals surface area contributed by atoms with Crippen LogP contribution in [0.1, 0.15) is 57.1 Å². The molecule has 0 saturated carbocycles. The number of guanidine groups is 1. The molecule has 0 spiro atoms. The molecule has 0 saturated heterocycles. The molecule has 2 heterocycles. The molecule has 0 fully saturated rings. The van der Waals surface area contributed by atoms with Crippen molar-refractivity contribution in [3.8, 4) is 0 Å². The zero-order valence-corrected chi connectivity index (χ0v) is 20.6. The zero-order chi connectivity index (χ0) is 22.3. The third kappa shape index (κ3) is 6.48. The molecular formula is C21H38N8S. The molecule has 2 aromatic rings. The first kappa shape index (κ1) is 24.2. The van der Waals surface area contributed by atoms with Gasteiger partial charge < -0.3 is 14.8 Å². The van der Waals surface area contributed by atoms with Gasteiger partial charge in [-0.1, -0.05) is 39.5 Å². The molecule has 0 aliphatic rings. The van der Waals surface area contributed by atoms with Crippen molar-refractivity contribution in [2.24, 2.45) is 18.0 Å². The van der Waals surface area contributed by atoms with Crippen LogP contribution in [0, 0.1) is 5.92 Å². The molecule has 30 heavy (non-hydrogen) atoms. The minimum atomic E-state index is 0.402. The SMILES string of the molecule is CN=C(NCCCc1nnc(SC)n1CC(C)C)N(C)Cc1cn(C)nc1C(C)C. The highest BCUT2D eigenvalue weighted by Gasteiger charge is 2.16. The predicted molar refractivity (Wildman–Crippen MR) is 125 cm³/mol. The topological polar surface area (TPSA) is 76.2 Å². The Morgan fingerprint density at radius 2 is 2.00 bits per heavy atom. The van der Waals surface area contributed by atoms with Crippen molar-refractivity contribution in [2.45, 2.75) is 64.7 Å². The summed E-state index contributed by atoms with van der Waals surface area (Å²) < 4.78 is 4.15. The molecule has 2 rings (SSSR count). The van der Waals surface area contributed by atoms with Crippen LogP contribution in [0.4, 0.5) is 0 Å². The van der Waals surface area contributed by atoms with E-state index in [0.717, 1.165) is 55.1 Å². The monoisotopic (exact) mass is 434 g/mol. The third-order valence-electron chi connectivity index (χ3n) is 4.85. The Hall–Kier alpha value is -2.03. The molecule has 0 atom stereocenters. The van der Waals surface area contributed by atoms with Gasteiger partial charge in [-0.05, 0) is 24.5 Å². The van der Waals surface area contributed by atoms with Crippen molar-refractivity contribution >= 4 is 17.7 Å². The Kier molecular flexibility index (Phi) is 9.20. The Morgan fingerprint density at radius 1 is 1.27 bits per heavy atom. The summed E-state index contributed by atoms with van der Waals surface area (Å²) in [5.41, 5.74) is 2.39. The van der Waals surface area contributed by atoms with Crippen molar-refractivity contribution in [3.05, 3.63) is 23.3 Å². The van der Waals surface area contributed by atoms with Gasteiger partial charge in [-0.3, -0.25) is 9.67 Å². The molecule has 0 radical (unpaired) electrons. The molecule has 0 aromatic carbocycles. The molecule has 0 unspecified atom stereocenters. The maximum absolute atomic E-state index is 4.61. The van der Waals surface area contributed by atoms with Crippen molar-refractivity contribution in [3.63, 3.8) is 0 Å². The summed E-state index contributed by atoms with van der Waals surface area (Å²) in [6, 6.07) is 0. The predicted octanol–water partition coefficient (Wildman–Crippen LogP) is 3.15. The van der Waals surface area contributed by atoms with Crippen molar-refractivity contribution in [1.82, 2.24) is 34.8 Å². The largest absolute Gasteiger partial charge is 0.356 e. The highest BCUT2D eigenvalue weighted by atomic mass is 32.2. The number of aliphatic imine (C=N–C) groups is 1. The second kappa shape index (κ2) is 11.4. The Balaban J connectivity index is 1.90. The Morgan fingerprint density at radius 3 is 2.60 bits per heavy atom. The lowest BCUT2D eigenvalue weighted by Crippen LogP contribution is -2.39. The van der Waals surface area contributed by atoms with Gasteiger partial charge in [0.05, 0.1) is 5.69 Å². The van der Waals surface area contributed by atoms with Crippen molar-refractivity contribution < 1.29 is 0 Å². The van der Waals surface area contributed by atoms with Crippen LogP contribution >= 0.6 is 11.8 Å². The third-order valence-corrected chi connectivity index (χ3v) is 5.52. The van der Waals surface area contributed by atoms with E-state index >= 15 is 0 Å². The Bertz CT molecular complexity index is 821. The van der Waals surface area contributed by atoms with Crippen LogP contribution in [-0.4, -0.2) is 62.3 Å². The van der Waals surface area contributed by atoms with E-state index in [2.05, 4.69) is 82.3 Å². The fourth-order valence-electron chi connectivity index (χ4n) is 3.53. The number of rotatable bonds is 10. The molecule has 168 valence electrons. The van der Waals surface area contributed by atoms with Crippen molar-refractivity contribution in [1.29, 1.82) is 0 Å². The van der Waals surface area contributed by atoms with Gasteiger partial charge in [0.25, 0.3) is 0 Å². The maximum Gasteiger partial charge on any atom is 0.193 e. The first-order valence-electron chi connectivity index (χ1n) is 10.7. The number of hydrogen-bond acceptors (Lipinski definition) is 5. The van der Waals surface area contributed by atoms with E-state index in [1.54, 1.807) is 11.8 Å². The molecule has 1 N–H and O–H groups in total. The highest BCUT2D eigenvalue weighted by Crippen LogP contribution is 2.19. The summed E-state index contributed by atoms with van der Waals surface area (Å²) in [6.45, 7) is 11.4. The van der Waals surface area contributed by atoms with Crippen molar-refractivity contribution in [2.75, 3.05) is 26.9 Å². The van der Waals surface area contributed by atoms with Gasteiger partial charge in [0, 0.05) is 59.0 Å². The van der Waals surface area contributed by atoms with Gasteiger partial charge in [0.2, 0.25) is 0 Å². The Labute approximate surface area is 185 Å². The average molecular weight is 435 g/mol. The average Bonchev–Trinajstić information content (AvgIpc) is 3.24. The molecule has 0 amide bonds. The molecular weight excluding hydrogens is 396 g/mol. The van der Waals surface area contributed by atoms with Crippen LogP contribution < -0.4 is 5.32 Å². The maximum atomic E-state index is 4.61. The van der Waals surface area contributed by atoms with E-state index in [0.29, 0.717) is 11.8 Å². The molecule has 2 aromatic heterocycles. The number of nitrogens with zero attached hydrogens (tertiary/aromatic N) is 7. The van der Waals surface area contributed by atoms with Gasteiger partial charge in [0.1, 0.15) is 5.82 Å². The lowest BCUT2D eigenvalue weighted by Gasteiger charge is -2.22. The van der Waals surface area contributed by atoms with Crippen LogP contribution in [0.25, 0.3) is 0 Å². The second-order valence-corrected chi connectivity index (χ2v) is 9.18.